The fraction of sp³-hybridized carbons (Fsp3) is 0.364. The van der Waals surface area contributed by atoms with E-state index in [1.165, 1.54) is 12.1 Å². The summed E-state index contributed by atoms with van der Waals surface area (Å²) in [5, 5.41) is 18.8. The number of hydrogen-bond acceptors (Lipinski definition) is 6. The lowest BCUT2D eigenvalue weighted by atomic mass is 10.3. The molecule has 1 aromatic rings. The smallest absolute Gasteiger partial charge is 0.269 e. The van der Waals surface area contributed by atoms with Crippen molar-refractivity contribution in [3.63, 3.8) is 0 Å². The van der Waals surface area contributed by atoms with Crippen molar-refractivity contribution in [2.24, 2.45) is 0 Å². The van der Waals surface area contributed by atoms with Gasteiger partial charge in [0.2, 0.25) is 0 Å². The highest BCUT2D eigenvalue weighted by Gasteiger charge is 2.04. The summed E-state index contributed by atoms with van der Waals surface area (Å²) >= 11 is 1.57. The number of rotatable bonds is 7. The third-order valence-corrected chi connectivity index (χ3v) is 5.16. The molecule has 0 fully saturated rings. The summed E-state index contributed by atoms with van der Waals surface area (Å²) in [6, 6.07) is 6.53. The van der Waals surface area contributed by atoms with E-state index in [9.17, 15) is 10.1 Å². The third-order valence-electron chi connectivity index (χ3n) is 1.93. The van der Waals surface area contributed by atoms with Crippen LogP contribution in [0.5, 0.6) is 0 Å². The van der Waals surface area contributed by atoms with E-state index in [1.807, 2.05) is 6.92 Å². The van der Waals surface area contributed by atoms with Crippen LogP contribution in [-0.4, -0.2) is 21.5 Å². The Morgan fingerprint density at radius 2 is 2.06 bits per heavy atom. The van der Waals surface area contributed by atoms with Crippen molar-refractivity contribution < 1.29 is 4.92 Å². The van der Waals surface area contributed by atoms with Gasteiger partial charge in [-0.05, 0) is 17.9 Å². The highest BCUT2D eigenvalue weighted by molar-refractivity contribution is 8.76. The van der Waals surface area contributed by atoms with Crippen LogP contribution in [0.4, 0.5) is 5.69 Å². The minimum Gasteiger partial charge on any atom is -0.298 e. The van der Waals surface area contributed by atoms with E-state index >= 15 is 0 Å². The molecule has 0 bridgehead atoms. The zero-order chi connectivity index (χ0) is 13.4. The van der Waals surface area contributed by atoms with Crippen molar-refractivity contribution in [2.75, 3.05) is 11.5 Å². The zero-order valence-corrected chi connectivity index (χ0v) is 12.4. The van der Waals surface area contributed by atoms with Gasteiger partial charge in [-0.1, -0.05) is 28.5 Å². The topological polar surface area (TPSA) is 67.0 Å². The highest BCUT2D eigenvalue weighted by Crippen LogP contribution is 2.32. The van der Waals surface area contributed by atoms with Gasteiger partial charge in [0, 0.05) is 29.2 Å². The summed E-state index contributed by atoms with van der Waals surface area (Å²) in [4.78, 5) is 11.1. The number of nitro benzene ring substituents is 1. The summed E-state index contributed by atoms with van der Waals surface area (Å²) in [6.45, 7) is 2.04. The van der Waals surface area contributed by atoms with Gasteiger partial charge in [0.05, 0.1) is 9.97 Å². The maximum absolute atomic E-state index is 10.5. The van der Waals surface area contributed by atoms with E-state index in [0.717, 1.165) is 22.8 Å². The summed E-state index contributed by atoms with van der Waals surface area (Å²) in [7, 11) is 3.26. The summed E-state index contributed by atoms with van der Waals surface area (Å²) in [6.07, 6.45) is 0.781. The third kappa shape index (κ3) is 5.79. The van der Waals surface area contributed by atoms with E-state index in [-0.39, 0.29) is 5.69 Å². The van der Waals surface area contributed by atoms with Crippen molar-refractivity contribution in [3.05, 3.63) is 34.4 Å². The summed E-state index contributed by atoms with van der Waals surface area (Å²) in [5.41, 5.74) is 0.116. The summed E-state index contributed by atoms with van der Waals surface area (Å²) < 4.78 is 0. The van der Waals surface area contributed by atoms with Gasteiger partial charge in [0.1, 0.15) is 0 Å². The molecule has 0 aliphatic heterocycles. The van der Waals surface area contributed by atoms with Crippen molar-refractivity contribution in [1.29, 1.82) is 5.41 Å². The normalized spacial score (nSPS) is 10.3. The number of nitrogens with zero attached hydrogens (tertiary/aromatic N) is 1. The minimum atomic E-state index is -0.398. The number of non-ortho nitro benzene ring substituents is 1. The molecular weight excluding hydrogens is 288 g/mol. The van der Waals surface area contributed by atoms with Crippen LogP contribution < -0.4 is 0 Å². The molecule has 0 atom stereocenters. The first-order valence-corrected chi connectivity index (χ1v) is 8.68. The summed E-state index contributed by atoms with van der Waals surface area (Å²) in [5.74, 6) is 1.83. The monoisotopic (exact) mass is 302 g/mol. The first-order valence-electron chi connectivity index (χ1n) is 5.37. The molecule has 0 amide bonds. The molecule has 0 heterocycles. The van der Waals surface area contributed by atoms with E-state index in [0.29, 0.717) is 5.04 Å². The lowest BCUT2D eigenvalue weighted by Crippen LogP contribution is -1.91. The maximum Gasteiger partial charge on any atom is 0.269 e. The molecule has 0 unspecified atom stereocenters. The fourth-order valence-electron chi connectivity index (χ4n) is 1.11. The van der Waals surface area contributed by atoms with Gasteiger partial charge in [-0.3, -0.25) is 15.5 Å². The molecule has 0 aliphatic carbocycles. The van der Waals surface area contributed by atoms with Gasteiger partial charge in [-0.15, -0.1) is 11.8 Å². The van der Waals surface area contributed by atoms with Crippen molar-refractivity contribution in [3.8, 4) is 0 Å². The molecule has 1 rings (SSSR count). The predicted octanol–water partition coefficient (Wildman–Crippen LogP) is 4.46. The van der Waals surface area contributed by atoms with Crippen LogP contribution in [0.2, 0.25) is 0 Å². The molecule has 1 aromatic carbocycles. The molecular formula is C11H14N2O2S3. The van der Waals surface area contributed by atoms with Crippen LogP contribution in [0.15, 0.2) is 29.2 Å². The van der Waals surface area contributed by atoms with E-state index in [4.69, 9.17) is 5.41 Å². The molecule has 0 saturated carbocycles. The van der Waals surface area contributed by atoms with Gasteiger partial charge in [0.15, 0.2) is 0 Å². The van der Waals surface area contributed by atoms with E-state index in [2.05, 4.69) is 0 Å². The quantitative estimate of drug-likeness (QED) is 0.201. The second-order valence-electron chi connectivity index (χ2n) is 3.26. The van der Waals surface area contributed by atoms with Gasteiger partial charge >= 0.3 is 0 Å². The van der Waals surface area contributed by atoms with Gasteiger partial charge in [-0.25, -0.2) is 0 Å². The van der Waals surface area contributed by atoms with Crippen molar-refractivity contribution in [2.45, 2.75) is 18.2 Å². The molecule has 0 aromatic heterocycles. The largest absolute Gasteiger partial charge is 0.298 e. The fourth-order valence-corrected chi connectivity index (χ4v) is 3.83. The van der Waals surface area contributed by atoms with Crippen LogP contribution in [0.1, 0.15) is 13.3 Å². The first-order chi connectivity index (χ1) is 8.63. The molecule has 18 heavy (non-hydrogen) atoms. The predicted molar refractivity (Wildman–Crippen MR) is 81.9 cm³/mol. The SMILES string of the molecule is CCSC(=N)CCSSc1ccc([N+](=O)[O-])cc1. The second kappa shape index (κ2) is 8.44. The van der Waals surface area contributed by atoms with Crippen LogP contribution in [-0.2, 0) is 0 Å². The lowest BCUT2D eigenvalue weighted by molar-refractivity contribution is -0.384. The minimum absolute atomic E-state index is 0.116. The molecule has 0 radical (unpaired) electrons. The maximum atomic E-state index is 10.5. The van der Waals surface area contributed by atoms with E-state index in [1.54, 1.807) is 45.5 Å². The van der Waals surface area contributed by atoms with Crippen molar-refractivity contribution >= 4 is 44.1 Å². The number of nitrogens with one attached hydrogen (secondary N) is 1. The molecule has 98 valence electrons. The van der Waals surface area contributed by atoms with Gasteiger partial charge in [0.25, 0.3) is 5.69 Å². The Morgan fingerprint density at radius 1 is 1.39 bits per heavy atom. The van der Waals surface area contributed by atoms with Crippen molar-refractivity contribution in [1.82, 2.24) is 0 Å². The van der Waals surface area contributed by atoms with Gasteiger partial charge in [-0.2, -0.15) is 0 Å². The molecule has 4 nitrogen and oxygen atoms in total. The Kier molecular flexibility index (Phi) is 7.22. The van der Waals surface area contributed by atoms with Crippen LogP contribution in [0, 0.1) is 15.5 Å². The van der Waals surface area contributed by atoms with Crippen LogP contribution >= 0.6 is 33.3 Å². The zero-order valence-electron chi connectivity index (χ0n) is 9.92. The average molecular weight is 302 g/mol. The Hall–Kier alpha value is -0.660. The Balaban J connectivity index is 2.27. The van der Waals surface area contributed by atoms with E-state index < -0.39 is 4.92 Å². The second-order valence-corrected chi connectivity index (χ2v) is 7.11. The number of nitro groups is 1. The standard InChI is InChI=1S/C11H14N2O2S3/c1-2-16-11(12)7-8-17-18-10-5-3-9(4-6-10)13(14)15/h3-6,12H,2,7-8H2,1H3. The number of benzene rings is 1. The Morgan fingerprint density at radius 3 is 2.61 bits per heavy atom. The van der Waals surface area contributed by atoms with Gasteiger partial charge < -0.3 is 0 Å². The number of hydrogen-bond donors (Lipinski definition) is 1. The van der Waals surface area contributed by atoms with Crippen LogP contribution in [0.3, 0.4) is 0 Å². The molecule has 0 saturated heterocycles. The Labute approximate surface area is 118 Å². The Bertz CT molecular complexity index is 409. The first kappa shape index (κ1) is 15.4. The lowest BCUT2D eigenvalue weighted by Gasteiger charge is -2.02. The molecule has 0 spiro atoms. The number of thioether (sulfide) groups is 1. The molecule has 1 N–H and O–H groups in total. The molecule has 7 heteroatoms. The van der Waals surface area contributed by atoms with Crippen LogP contribution in [0.25, 0.3) is 0 Å². The average Bonchev–Trinajstić information content (AvgIpc) is 2.35. The molecule has 0 aliphatic rings. The highest BCUT2D eigenvalue weighted by atomic mass is 33.1.